The van der Waals surface area contributed by atoms with Gasteiger partial charge in [0.25, 0.3) is 0 Å². The van der Waals surface area contributed by atoms with E-state index in [9.17, 15) is 0 Å². The molecule has 1 aliphatic rings. The van der Waals surface area contributed by atoms with E-state index in [4.69, 9.17) is 4.74 Å². The molecule has 1 N–H and O–H groups in total. The van der Waals surface area contributed by atoms with Gasteiger partial charge in [-0.05, 0) is 31.2 Å². The van der Waals surface area contributed by atoms with E-state index in [0.717, 1.165) is 5.69 Å². The maximum absolute atomic E-state index is 5.33. The predicted molar refractivity (Wildman–Crippen MR) is 70.4 cm³/mol. The van der Waals surface area contributed by atoms with E-state index >= 15 is 0 Å². The second kappa shape index (κ2) is 4.94. The summed E-state index contributed by atoms with van der Waals surface area (Å²) in [6, 6.07) is 4.53. The monoisotopic (exact) mass is 234 g/mol. The van der Waals surface area contributed by atoms with Crippen LogP contribution in [0.15, 0.2) is 18.3 Å². The van der Waals surface area contributed by atoms with Crippen molar-refractivity contribution in [2.24, 2.45) is 5.41 Å². The summed E-state index contributed by atoms with van der Waals surface area (Å²) in [7, 11) is 0. The lowest BCUT2D eigenvalue weighted by Crippen LogP contribution is -2.30. The Morgan fingerprint density at radius 3 is 2.82 bits per heavy atom. The third kappa shape index (κ3) is 2.90. The quantitative estimate of drug-likeness (QED) is 0.866. The van der Waals surface area contributed by atoms with Crippen LogP contribution in [0.1, 0.15) is 40.0 Å². The SMILES string of the molecule is CCOc1ccc(NC2CCCC2(C)C)cn1. The molecular formula is C14H22N2O. The van der Waals surface area contributed by atoms with Gasteiger partial charge in [-0.15, -0.1) is 0 Å². The largest absolute Gasteiger partial charge is 0.478 e. The van der Waals surface area contributed by atoms with Gasteiger partial charge in [-0.2, -0.15) is 0 Å². The molecule has 0 radical (unpaired) electrons. The Labute approximate surface area is 104 Å². The molecule has 2 rings (SSSR count). The number of hydrogen-bond acceptors (Lipinski definition) is 3. The number of rotatable bonds is 4. The average Bonchev–Trinajstić information content (AvgIpc) is 2.62. The predicted octanol–water partition coefficient (Wildman–Crippen LogP) is 3.47. The summed E-state index contributed by atoms with van der Waals surface area (Å²) >= 11 is 0. The van der Waals surface area contributed by atoms with Gasteiger partial charge in [0.2, 0.25) is 5.88 Å². The third-order valence-electron chi connectivity index (χ3n) is 3.63. The smallest absolute Gasteiger partial charge is 0.213 e. The average molecular weight is 234 g/mol. The van der Waals surface area contributed by atoms with Gasteiger partial charge in [-0.1, -0.05) is 20.3 Å². The fraction of sp³-hybridized carbons (Fsp3) is 0.643. The minimum absolute atomic E-state index is 0.387. The first-order chi connectivity index (χ1) is 8.12. The molecule has 1 aromatic heterocycles. The molecule has 3 nitrogen and oxygen atoms in total. The molecule has 1 aliphatic carbocycles. The van der Waals surface area contributed by atoms with Gasteiger partial charge in [-0.25, -0.2) is 4.98 Å². The molecule has 0 aliphatic heterocycles. The summed E-state index contributed by atoms with van der Waals surface area (Å²) < 4.78 is 5.33. The maximum atomic E-state index is 5.33. The number of hydrogen-bond donors (Lipinski definition) is 1. The molecule has 0 aromatic carbocycles. The van der Waals surface area contributed by atoms with E-state index in [1.54, 1.807) is 0 Å². The van der Waals surface area contributed by atoms with Crippen molar-refractivity contribution in [1.29, 1.82) is 0 Å². The topological polar surface area (TPSA) is 34.1 Å². The zero-order valence-electron chi connectivity index (χ0n) is 11.0. The van der Waals surface area contributed by atoms with Crippen LogP contribution >= 0.6 is 0 Å². The normalized spacial score (nSPS) is 22.4. The van der Waals surface area contributed by atoms with Crippen molar-refractivity contribution >= 4 is 5.69 Å². The van der Waals surface area contributed by atoms with Gasteiger partial charge in [0.1, 0.15) is 0 Å². The molecule has 1 fully saturated rings. The fourth-order valence-electron chi connectivity index (χ4n) is 2.49. The van der Waals surface area contributed by atoms with Crippen LogP contribution in [0.5, 0.6) is 5.88 Å². The second-order valence-electron chi connectivity index (χ2n) is 5.40. The van der Waals surface area contributed by atoms with E-state index in [1.807, 2.05) is 25.3 Å². The van der Waals surface area contributed by atoms with Gasteiger partial charge in [0.05, 0.1) is 18.5 Å². The third-order valence-corrected chi connectivity index (χ3v) is 3.63. The van der Waals surface area contributed by atoms with E-state index < -0.39 is 0 Å². The molecular weight excluding hydrogens is 212 g/mol. The lowest BCUT2D eigenvalue weighted by Gasteiger charge is -2.28. The van der Waals surface area contributed by atoms with Crippen LogP contribution in [0.3, 0.4) is 0 Å². The van der Waals surface area contributed by atoms with E-state index in [0.29, 0.717) is 23.9 Å². The van der Waals surface area contributed by atoms with Crippen LogP contribution in [0.4, 0.5) is 5.69 Å². The number of nitrogens with zero attached hydrogens (tertiary/aromatic N) is 1. The van der Waals surface area contributed by atoms with E-state index in [2.05, 4.69) is 24.1 Å². The van der Waals surface area contributed by atoms with Crippen LogP contribution in [-0.4, -0.2) is 17.6 Å². The van der Waals surface area contributed by atoms with Gasteiger partial charge in [0, 0.05) is 12.1 Å². The minimum atomic E-state index is 0.387. The maximum Gasteiger partial charge on any atom is 0.213 e. The van der Waals surface area contributed by atoms with Crippen LogP contribution in [-0.2, 0) is 0 Å². The van der Waals surface area contributed by atoms with Crippen LogP contribution in [0.2, 0.25) is 0 Å². The van der Waals surface area contributed by atoms with Crippen molar-refractivity contribution in [3.63, 3.8) is 0 Å². The number of ether oxygens (including phenoxy) is 1. The Morgan fingerprint density at radius 1 is 1.47 bits per heavy atom. The van der Waals surface area contributed by atoms with E-state index in [1.165, 1.54) is 19.3 Å². The molecule has 94 valence electrons. The molecule has 1 unspecified atom stereocenters. The lowest BCUT2D eigenvalue weighted by atomic mass is 9.87. The van der Waals surface area contributed by atoms with Gasteiger partial charge < -0.3 is 10.1 Å². The Kier molecular flexibility index (Phi) is 3.55. The highest BCUT2D eigenvalue weighted by Crippen LogP contribution is 2.38. The summed E-state index contributed by atoms with van der Waals surface area (Å²) in [5, 5.41) is 3.58. The zero-order valence-corrected chi connectivity index (χ0v) is 11.0. The van der Waals surface area contributed by atoms with Crippen molar-refractivity contribution in [3.05, 3.63) is 18.3 Å². The minimum Gasteiger partial charge on any atom is -0.478 e. The molecule has 17 heavy (non-hydrogen) atoms. The fourth-order valence-corrected chi connectivity index (χ4v) is 2.49. The highest BCUT2D eigenvalue weighted by molar-refractivity contribution is 5.43. The first-order valence-electron chi connectivity index (χ1n) is 6.47. The molecule has 1 atom stereocenters. The number of pyridine rings is 1. The van der Waals surface area contributed by atoms with Crippen LogP contribution in [0.25, 0.3) is 0 Å². The van der Waals surface area contributed by atoms with Crippen molar-refractivity contribution in [2.45, 2.75) is 46.1 Å². The number of aromatic nitrogens is 1. The first kappa shape index (κ1) is 12.2. The molecule has 0 spiro atoms. The van der Waals surface area contributed by atoms with Crippen molar-refractivity contribution in [2.75, 3.05) is 11.9 Å². The summed E-state index contributed by atoms with van der Waals surface area (Å²) in [6.45, 7) is 7.30. The Bertz CT molecular complexity index is 359. The molecule has 1 heterocycles. The highest BCUT2D eigenvalue weighted by atomic mass is 16.5. The summed E-state index contributed by atoms with van der Waals surface area (Å²) in [5.74, 6) is 0.698. The second-order valence-corrected chi connectivity index (χ2v) is 5.40. The number of anilines is 1. The molecule has 1 saturated carbocycles. The Morgan fingerprint density at radius 2 is 2.29 bits per heavy atom. The molecule has 0 saturated heterocycles. The zero-order chi connectivity index (χ0) is 12.3. The Hall–Kier alpha value is -1.25. The highest BCUT2D eigenvalue weighted by Gasteiger charge is 2.34. The first-order valence-corrected chi connectivity index (χ1v) is 6.47. The van der Waals surface area contributed by atoms with Gasteiger partial charge in [-0.3, -0.25) is 0 Å². The molecule has 0 amide bonds. The lowest BCUT2D eigenvalue weighted by molar-refractivity contribution is 0.326. The van der Waals surface area contributed by atoms with Crippen LogP contribution in [0, 0.1) is 5.41 Å². The molecule has 3 heteroatoms. The molecule has 0 bridgehead atoms. The molecule has 1 aromatic rings. The summed E-state index contributed by atoms with van der Waals surface area (Å²) in [4.78, 5) is 4.27. The van der Waals surface area contributed by atoms with E-state index in [-0.39, 0.29) is 0 Å². The number of nitrogens with one attached hydrogen (secondary N) is 1. The van der Waals surface area contributed by atoms with Gasteiger partial charge >= 0.3 is 0 Å². The summed E-state index contributed by atoms with van der Waals surface area (Å²) in [5.41, 5.74) is 1.48. The standard InChI is InChI=1S/C14H22N2O/c1-4-17-13-8-7-11(10-15-13)16-12-6-5-9-14(12,2)3/h7-8,10,12,16H,4-6,9H2,1-3H3. The van der Waals surface area contributed by atoms with Crippen molar-refractivity contribution in [3.8, 4) is 5.88 Å². The van der Waals surface area contributed by atoms with Crippen molar-refractivity contribution < 1.29 is 4.74 Å². The summed E-state index contributed by atoms with van der Waals surface area (Å²) in [6.07, 6.45) is 5.73. The van der Waals surface area contributed by atoms with Crippen molar-refractivity contribution in [1.82, 2.24) is 4.98 Å². The van der Waals surface area contributed by atoms with Gasteiger partial charge in [0.15, 0.2) is 0 Å². The van der Waals surface area contributed by atoms with Crippen LogP contribution < -0.4 is 10.1 Å². The Balaban J connectivity index is 1.99.